The van der Waals surface area contributed by atoms with Crippen molar-refractivity contribution in [3.05, 3.63) is 28.0 Å². The summed E-state index contributed by atoms with van der Waals surface area (Å²) in [6.45, 7) is 3.09. The third kappa shape index (κ3) is 3.81. The molecule has 17 heavy (non-hydrogen) atoms. The van der Waals surface area contributed by atoms with E-state index < -0.39 is 0 Å². The molecular formula is C12H16Cl2N2O. The minimum absolute atomic E-state index is 0.272. The van der Waals surface area contributed by atoms with Crippen LogP contribution in [0.5, 0.6) is 0 Å². The van der Waals surface area contributed by atoms with Crippen LogP contribution in [0, 0.1) is 5.92 Å². The number of hydrogen-bond donors (Lipinski definition) is 1. The number of aliphatic hydroxyl groups excluding tert-OH is 1. The molecule has 1 unspecified atom stereocenters. The summed E-state index contributed by atoms with van der Waals surface area (Å²) in [6.07, 6.45) is 2.25. The van der Waals surface area contributed by atoms with E-state index in [4.69, 9.17) is 23.2 Å². The molecule has 5 heteroatoms. The molecule has 1 atom stereocenters. The van der Waals surface area contributed by atoms with Gasteiger partial charge in [-0.2, -0.15) is 0 Å². The van der Waals surface area contributed by atoms with E-state index in [9.17, 15) is 5.11 Å². The first-order valence-corrected chi connectivity index (χ1v) is 6.58. The maximum Gasteiger partial charge on any atom is 0.131 e. The Morgan fingerprint density at radius 2 is 2.06 bits per heavy atom. The van der Waals surface area contributed by atoms with Crippen molar-refractivity contribution >= 4 is 23.2 Å². The van der Waals surface area contributed by atoms with Crippen LogP contribution in [0.25, 0.3) is 0 Å². The van der Waals surface area contributed by atoms with E-state index in [2.05, 4.69) is 9.88 Å². The third-order valence-corrected chi connectivity index (χ3v) is 3.48. The number of halogens is 2. The van der Waals surface area contributed by atoms with Gasteiger partial charge in [0.15, 0.2) is 0 Å². The highest BCUT2D eigenvalue weighted by Crippen LogP contribution is 2.20. The normalized spacial score (nSPS) is 21.7. The molecule has 0 bridgehead atoms. The van der Waals surface area contributed by atoms with Crippen molar-refractivity contribution in [2.75, 3.05) is 19.7 Å². The zero-order valence-corrected chi connectivity index (χ0v) is 11.1. The fraction of sp³-hybridized carbons (Fsp3) is 0.583. The largest absolute Gasteiger partial charge is 0.396 e. The van der Waals surface area contributed by atoms with Crippen LogP contribution in [0.1, 0.15) is 18.4 Å². The van der Waals surface area contributed by atoms with Gasteiger partial charge in [0.25, 0.3) is 0 Å². The molecule has 1 N–H and O–H groups in total. The van der Waals surface area contributed by atoms with Crippen LogP contribution in [0.15, 0.2) is 12.1 Å². The van der Waals surface area contributed by atoms with Gasteiger partial charge < -0.3 is 5.11 Å². The maximum atomic E-state index is 9.18. The number of aliphatic hydroxyl groups is 1. The Kier molecular flexibility index (Phi) is 4.62. The van der Waals surface area contributed by atoms with Gasteiger partial charge in [-0.3, -0.25) is 4.90 Å². The van der Waals surface area contributed by atoms with Crippen LogP contribution in [-0.2, 0) is 6.54 Å². The second-order valence-electron chi connectivity index (χ2n) is 4.55. The molecule has 3 nitrogen and oxygen atoms in total. The summed E-state index contributed by atoms with van der Waals surface area (Å²) in [5.74, 6) is 0.400. The molecule has 1 aliphatic rings. The zero-order valence-electron chi connectivity index (χ0n) is 9.57. The Balaban J connectivity index is 2.00. The van der Waals surface area contributed by atoms with Crippen molar-refractivity contribution in [3.63, 3.8) is 0 Å². The molecule has 1 aliphatic heterocycles. The molecule has 2 heterocycles. The van der Waals surface area contributed by atoms with Gasteiger partial charge >= 0.3 is 0 Å². The lowest BCUT2D eigenvalue weighted by atomic mass is 9.99. The highest BCUT2D eigenvalue weighted by Gasteiger charge is 2.19. The minimum Gasteiger partial charge on any atom is -0.396 e. The first-order valence-electron chi connectivity index (χ1n) is 5.82. The number of piperidine rings is 1. The molecular weight excluding hydrogens is 259 g/mol. The Hall–Kier alpha value is -0.350. The molecule has 2 rings (SSSR count). The molecule has 94 valence electrons. The van der Waals surface area contributed by atoms with E-state index >= 15 is 0 Å². The van der Waals surface area contributed by atoms with Crippen LogP contribution in [0.4, 0.5) is 0 Å². The molecule has 1 aromatic rings. The number of nitrogens with zero attached hydrogens (tertiary/aromatic N) is 2. The summed E-state index contributed by atoms with van der Waals surface area (Å²) in [6, 6.07) is 3.69. The highest BCUT2D eigenvalue weighted by molar-refractivity contribution is 6.32. The second-order valence-corrected chi connectivity index (χ2v) is 5.32. The van der Waals surface area contributed by atoms with Gasteiger partial charge in [-0.1, -0.05) is 23.2 Å². The van der Waals surface area contributed by atoms with Gasteiger partial charge in [0.2, 0.25) is 0 Å². The molecule has 0 radical (unpaired) electrons. The van der Waals surface area contributed by atoms with Crippen molar-refractivity contribution in [3.8, 4) is 0 Å². The van der Waals surface area contributed by atoms with Gasteiger partial charge in [-0.15, -0.1) is 0 Å². The van der Waals surface area contributed by atoms with Crippen molar-refractivity contribution < 1.29 is 5.11 Å². The van der Waals surface area contributed by atoms with E-state index in [1.165, 1.54) is 0 Å². The van der Waals surface area contributed by atoms with E-state index in [1.807, 2.05) is 12.1 Å². The van der Waals surface area contributed by atoms with Gasteiger partial charge in [0, 0.05) is 19.7 Å². The maximum absolute atomic E-state index is 9.18. The Morgan fingerprint density at radius 3 is 2.71 bits per heavy atom. The topological polar surface area (TPSA) is 36.4 Å². The molecule has 1 fully saturated rings. The van der Waals surface area contributed by atoms with Gasteiger partial charge in [0.05, 0.1) is 0 Å². The first-order chi connectivity index (χ1) is 8.17. The number of rotatable bonds is 3. The van der Waals surface area contributed by atoms with Crippen molar-refractivity contribution in [2.24, 2.45) is 5.92 Å². The van der Waals surface area contributed by atoms with E-state index in [-0.39, 0.29) is 6.61 Å². The summed E-state index contributed by atoms with van der Waals surface area (Å²) < 4.78 is 0. The van der Waals surface area contributed by atoms with Crippen LogP contribution in [0.3, 0.4) is 0 Å². The lowest BCUT2D eigenvalue weighted by Gasteiger charge is -2.31. The molecule has 0 aliphatic carbocycles. The van der Waals surface area contributed by atoms with Gasteiger partial charge in [0.1, 0.15) is 10.3 Å². The minimum atomic E-state index is 0.272. The second kappa shape index (κ2) is 6.01. The van der Waals surface area contributed by atoms with Gasteiger partial charge in [-0.05, 0) is 43.0 Å². The third-order valence-electron chi connectivity index (χ3n) is 3.09. The average molecular weight is 275 g/mol. The predicted molar refractivity (Wildman–Crippen MR) is 69.3 cm³/mol. The van der Waals surface area contributed by atoms with Crippen molar-refractivity contribution in [1.82, 2.24) is 9.88 Å². The van der Waals surface area contributed by atoms with Gasteiger partial charge in [-0.25, -0.2) is 4.98 Å². The zero-order chi connectivity index (χ0) is 12.3. The van der Waals surface area contributed by atoms with Crippen molar-refractivity contribution in [2.45, 2.75) is 19.4 Å². The lowest BCUT2D eigenvalue weighted by Crippen LogP contribution is -2.36. The van der Waals surface area contributed by atoms with E-state index in [0.717, 1.165) is 38.0 Å². The monoisotopic (exact) mass is 274 g/mol. The Labute approximate surface area is 111 Å². The summed E-state index contributed by atoms with van der Waals surface area (Å²) in [5.41, 5.74) is 1.08. The van der Waals surface area contributed by atoms with Crippen LogP contribution in [0.2, 0.25) is 10.3 Å². The van der Waals surface area contributed by atoms with Crippen LogP contribution >= 0.6 is 23.2 Å². The fourth-order valence-corrected chi connectivity index (χ4v) is 2.81. The average Bonchev–Trinajstić information content (AvgIpc) is 2.28. The Morgan fingerprint density at radius 1 is 1.35 bits per heavy atom. The number of likely N-dealkylation sites (tertiary alicyclic amines) is 1. The summed E-state index contributed by atoms with van der Waals surface area (Å²) in [5, 5.41) is 10.1. The number of pyridine rings is 1. The summed E-state index contributed by atoms with van der Waals surface area (Å²) in [7, 11) is 0. The summed E-state index contributed by atoms with van der Waals surface area (Å²) in [4.78, 5) is 6.26. The Bertz CT molecular complexity index is 367. The SMILES string of the molecule is OCC1CCCN(Cc2cc(Cl)nc(Cl)c2)C1. The quantitative estimate of drug-likeness (QED) is 0.861. The smallest absolute Gasteiger partial charge is 0.131 e. The standard InChI is InChI=1S/C12H16Cl2N2O/c13-11-4-10(5-12(14)15-11)7-16-3-1-2-9(6-16)8-17/h4-5,9,17H,1-3,6-8H2. The molecule has 0 spiro atoms. The molecule has 1 aromatic heterocycles. The fourth-order valence-electron chi connectivity index (χ4n) is 2.31. The lowest BCUT2D eigenvalue weighted by molar-refractivity contribution is 0.116. The van der Waals surface area contributed by atoms with E-state index in [1.54, 1.807) is 0 Å². The molecule has 1 saturated heterocycles. The highest BCUT2D eigenvalue weighted by atomic mass is 35.5. The van der Waals surface area contributed by atoms with Crippen LogP contribution < -0.4 is 0 Å². The first kappa shape index (κ1) is 13.1. The van der Waals surface area contributed by atoms with E-state index in [0.29, 0.717) is 16.2 Å². The molecule has 0 aromatic carbocycles. The number of hydrogen-bond acceptors (Lipinski definition) is 3. The van der Waals surface area contributed by atoms with Crippen LogP contribution in [-0.4, -0.2) is 34.7 Å². The molecule has 0 saturated carbocycles. The predicted octanol–water partition coefficient (Wildman–Crippen LogP) is 2.59. The molecule has 0 amide bonds. The summed E-state index contributed by atoms with van der Waals surface area (Å²) >= 11 is 11.7. The van der Waals surface area contributed by atoms with Crippen molar-refractivity contribution in [1.29, 1.82) is 0 Å². The number of aromatic nitrogens is 1.